The summed E-state index contributed by atoms with van der Waals surface area (Å²) < 4.78 is 0. The van der Waals surface area contributed by atoms with E-state index in [2.05, 4.69) is 46.7 Å². The highest BCUT2D eigenvalue weighted by Crippen LogP contribution is 2.30. The fourth-order valence-corrected chi connectivity index (χ4v) is 4.40. The number of nitrogens with zero attached hydrogens (tertiary/aromatic N) is 3. The van der Waals surface area contributed by atoms with E-state index in [0.29, 0.717) is 18.2 Å². The first-order chi connectivity index (χ1) is 12.9. The van der Waals surface area contributed by atoms with Gasteiger partial charge in [0.25, 0.3) is 0 Å². The zero-order valence-corrected chi connectivity index (χ0v) is 17.4. The van der Waals surface area contributed by atoms with Gasteiger partial charge in [-0.25, -0.2) is 0 Å². The van der Waals surface area contributed by atoms with Crippen molar-refractivity contribution in [3.05, 3.63) is 34.8 Å². The molecule has 0 aliphatic carbocycles. The number of nitrogens with one attached hydrogen (secondary N) is 1. The number of carbonyl (C=O) groups is 2. The van der Waals surface area contributed by atoms with E-state index in [0.717, 1.165) is 10.8 Å². The molecule has 1 aliphatic heterocycles. The average molecular weight is 405 g/mol. The molecule has 1 aliphatic rings. The third-order valence-corrected chi connectivity index (χ3v) is 6.60. The van der Waals surface area contributed by atoms with E-state index in [4.69, 9.17) is 0 Å². The Morgan fingerprint density at radius 3 is 2.74 bits per heavy atom. The van der Waals surface area contributed by atoms with Crippen molar-refractivity contribution in [2.45, 2.75) is 38.0 Å². The second-order valence-corrected chi connectivity index (χ2v) is 9.09. The van der Waals surface area contributed by atoms with Gasteiger partial charge in [-0.1, -0.05) is 42.9 Å². The van der Waals surface area contributed by atoms with Gasteiger partial charge < -0.3 is 5.32 Å². The molecule has 1 atom stereocenters. The number of anilines is 1. The van der Waals surface area contributed by atoms with E-state index in [-0.39, 0.29) is 30.1 Å². The summed E-state index contributed by atoms with van der Waals surface area (Å²) in [6, 6.07) is 8.33. The monoisotopic (exact) mass is 404 g/mol. The van der Waals surface area contributed by atoms with Crippen molar-refractivity contribution >= 4 is 40.0 Å². The summed E-state index contributed by atoms with van der Waals surface area (Å²) in [5, 5.41) is 12.7. The minimum Gasteiger partial charge on any atom is -0.355 e. The Hall–Kier alpha value is -1.93. The van der Waals surface area contributed by atoms with Crippen LogP contribution >= 0.6 is 23.1 Å². The van der Waals surface area contributed by atoms with Crippen molar-refractivity contribution in [1.29, 1.82) is 0 Å². The Labute approximate surface area is 167 Å². The van der Waals surface area contributed by atoms with Crippen LogP contribution in [-0.2, 0) is 9.59 Å². The smallest absolute Gasteiger partial charge is 0.229 e. The standard InChI is InChI=1S/C19H24N4O2S2/c1-12(2)18-21-22-19(27-18)23-11-14(10-16(23)24)17(25)20-8-9-26-15-6-4-13(3)5-7-15/h4-7,12,14H,8-11H2,1-3H3,(H,20,25). The lowest BCUT2D eigenvalue weighted by atomic mass is 10.1. The predicted octanol–water partition coefficient (Wildman–Crippen LogP) is 3.23. The van der Waals surface area contributed by atoms with Gasteiger partial charge in [-0.2, -0.15) is 0 Å². The van der Waals surface area contributed by atoms with Gasteiger partial charge in [-0.15, -0.1) is 22.0 Å². The Morgan fingerprint density at radius 2 is 2.07 bits per heavy atom. The zero-order chi connectivity index (χ0) is 19.4. The number of aryl methyl sites for hydroxylation is 1. The SMILES string of the molecule is Cc1ccc(SCCNC(=O)C2CC(=O)N(c3nnc(C(C)C)s3)C2)cc1. The van der Waals surface area contributed by atoms with Gasteiger partial charge in [0.1, 0.15) is 5.01 Å². The number of aromatic nitrogens is 2. The van der Waals surface area contributed by atoms with Crippen LogP contribution in [0, 0.1) is 12.8 Å². The van der Waals surface area contributed by atoms with E-state index in [1.807, 2.05) is 13.8 Å². The summed E-state index contributed by atoms with van der Waals surface area (Å²) in [5.41, 5.74) is 1.24. The van der Waals surface area contributed by atoms with Crippen LogP contribution in [0.5, 0.6) is 0 Å². The quantitative estimate of drug-likeness (QED) is 0.566. The second kappa shape index (κ2) is 8.84. The van der Waals surface area contributed by atoms with Gasteiger partial charge in [0, 0.05) is 36.1 Å². The Morgan fingerprint density at radius 1 is 1.33 bits per heavy atom. The van der Waals surface area contributed by atoms with Crippen LogP contribution in [0.1, 0.15) is 36.8 Å². The highest BCUT2D eigenvalue weighted by atomic mass is 32.2. The number of benzene rings is 1. The van der Waals surface area contributed by atoms with Gasteiger partial charge in [0.15, 0.2) is 0 Å². The number of hydrogen-bond donors (Lipinski definition) is 1. The van der Waals surface area contributed by atoms with Gasteiger partial charge in [0.05, 0.1) is 5.92 Å². The fraction of sp³-hybridized carbons (Fsp3) is 0.474. The van der Waals surface area contributed by atoms with Crippen LogP contribution in [0.3, 0.4) is 0 Å². The fourth-order valence-electron chi connectivity index (χ4n) is 2.76. The summed E-state index contributed by atoms with van der Waals surface area (Å²) >= 11 is 3.13. The molecule has 2 amide bonds. The first kappa shape index (κ1) is 19.8. The Balaban J connectivity index is 1.46. The molecule has 0 radical (unpaired) electrons. The summed E-state index contributed by atoms with van der Waals surface area (Å²) in [7, 11) is 0. The normalized spacial score (nSPS) is 17.0. The maximum atomic E-state index is 12.4. The van der Waals surface area contributed by atoms with Crippen LogP contribution in [0.2, 0.25) is 0 Å². The molecule has 1 N–H and O–H groups in total. The molecule has 8 heteroatoms. The number of hydrogen-bond acceptors (Lipinski definition) is 6. The molecule has 1 unspecified atom stereocenters. The number of amides is 2. The largest absolute Gasteiger partial charge is 0.355 e. The molecule has 6 nitrogen and oxygen atoms in total. The van der Waals surface area contributed by atoms with Crippen molar-refractivity contribution in [3.8, 4) is 0 Å². The molecule has 1 aromatic carbocycles. The highest BCUT2D eigenvalue weighted by Gasteiger charge is 2.36. The van der Waals surface area contributed by atoms with E-state index < -0.39 is 0 Å². The summed E-state index contributed by atoms with van der Waals surface area (Å²) in [6.45, 7) is 7.11. The molecule has 144 valence electrons. The molecule has 1 saturated heterocycles. The predicted molar refractivity (Wildman–Crippen MR) is 109 cm³/mol. The Bertz CT molecular complexity index is 804. The van der Waals surface area contributed by atoms with Gasteiger partial charge in [-0.3, -0.25) is 14.5 Å². The van der Waals surface area contributed by atoms with Crippen LogP contribution in [0.4, 0.5) is 5.13 Å². The van der Waals surface area contributed by atoms with Gasteiger partial charge >= 0.3 is 0 Å². The van der Waals surface area contributed by atoms with Crippen molar-refractivity contribution in [2.75, 3.05) is 23.7 Å². The van der Waals surface area contributed by atoms with Gasteiger partial charge in [-0.05, 0) is 19.1 Å². The highest BCUT2D eigenvalue weighted by molar-refractivity contribution is 7.99. The van der Waals surface area contributed by atoms with Crippen LogP contribution in [0.25, 0.3) is 0 Å². The van der Waals surface area contributed by atoms with Crippen molar-refractivity contribution in [1.82, 2.24) is 15.5 Å². The second-order valence-electron chi connectivity index (χ2n) is 6.94. The molecule has 2 aromatic rings. The molecule has 0 bridgehead atoms. The Kier molecular flexibility index (Phi) is 6.49. The molecule has 1 aromatic heterocycles. The average Bonchev–Trinajstić information content (AvgIpc) is 3.27. The maximum Gasteiger partial charge on any atom is 0.229 e. The number of rotatable bonds is 7. The first-order valence-corrected chi connectivity index (χ1v) is 10.8. The number of thioether (sulfide) groups is 1. The van der Waals surface area contributed by atoms with Gasteiger partial charge in [0.2, 0.25) is 16.9 Å². The van der Waals surface area contributed by atoms with Crippen LogP contribution in [-0.4, -0.2) is 40.9 Å². The third-order valence-electron chi connectivity index (χ3n) is 4.34. The minimum atomic E-state index is -0.326. The van der Waals surface area contributed by atoms with Crippen molar-refractivity contribution in [3.63, 3.8) is 0 Å². The molecule has 0 spiro atoms. The lowest BCUT2D eigenvalue weighted by molar-refractivity contribution is -0.126. The molecule has 1 fully saturated rings. The molecule has 0 saturated carbocycles. The molecule has 27 heavy (non-hydrogen) atoms. The lowest BCUT2D eigenvalue weighted by Gasteiger charge is -2.12. The number of carbonyl (C=O) groups excluding carboxylic acids is 2. The molecular weight excluding hydrogens is 380 g/mol. The van der Waals surface area contributed by atoms with E-state index in [9.17, 15) is 9.59 Å². The van der Waals surface area contributed by atoms with E-state index in [1.165, 1.54) is 21.8 Å². The van der Waals surface area contributed by atoms with Crippen LogP contribution < -0.4 is 10.2 Å². The van der Waals surface area contributed by atoms with Crippen LogP contribution in [0.15, 0.2) is 29.2 Å². The molecule has 2 heterocycles. The zero-order valence-electron chi connectivity index (χ0n) is 15.8. The van der Waals surface area contributed by atoms with Crippen molar-refractivity contribution < 1.29 is 9.59 Å². The topological polar surface area (TPSA) is 75.2 Å². The minimum absolute atomic E-state index is 0.0596. The van der Waals surface area contributed by atoms with E-state index >= 15 is 0 Å². The maximum absolute atomic E-state index is 12.4. The summed E-state index contributed by atoms with van der Waals surface area (Å²) in [5.74, 6) is 0.625. The first-order valence-electron chi connectivity index (χ1n) is 9.05. The lowest BCUT2D eigenvalue weighted by Crippen LogP contribution is -2.34. The van der Waals surface area contributed by atoms with E-state index in [1.54, 1.807) is 16.7 Å². The molecular formula is C19H24N4O2S2. The van der Waals surface area contributed by atoms with Crippen molar-refractivity contribution in [2.24, 2.45) is 5.92 Å². The summed E-state index contributed by atoms with van der Waals surface area (Å²) in [4.78, 5) is 27.5. The third kappa shape index (κ3) is 5.07. The summed E-state index contributed by atoms with van der Waals surface area (Å²) in [6.07, 6.45) is 0.230. The molecule has 3 rings (SSSR count).